The van der Waals surface area contributed by atoms with Gasteiger partial charge in [0.2, 0.25) is 0 Å². The fraction of sp³-hybridized carbons (Fsp3) is 0.500. The van der Waals surface area contributed by atoms with E-state index in [4.69, 9.17) is 5.73 Å². The maximum atomic E-state index is 12.3. The maximum Gasteiger partial charge on any atom is 0.251 e. The summed E-state index contributed by atoms with van der Waals surface area (Å²) >= 11 is 0. The minimum Gasteiger partial charge on any atom is -0.349 e. The Morgan fingerprint density at radius 1 is 1.19 bits per heavy atom. The molecule has 0 radical (unpaired) electrons. The van der Waals surface area contributed by atoms with Crippen LogP contribution >= 0.6 is 0 Å². The molecule has 1 aromatic carbocycles. The number of carbonyl (C=O) groups is 1. The molecule has 2 bridgehead atoms. The van der Waals surface area contributed by atoms with Gasteiger partial charge in [0.05, 0.1) is 6.54 Å². The molecule has 0 aromatic heterocycles. The lowest BCUT2D eigenvalue weighted by Crippen LogP contribution is -2.29. The van der Waals surface area contributed by atoms with Crippen molar-refractivity contribution >= 4 is 5.91 Å². The van der Waals surface area contributed by atoms with Gasteiger partial charge in [-0.15, -0.1) is 0 Å². The van der Waals surface area contributed by atoms with Gasteiger partial charge in [-0.25, -0.2) is 0 Å². The number of fused-ring (bicyclic) bond motifs is 5. The Balaban J connectivity index is 1.40. The molecule has 108 valence electrons. The highest BCUT2D eigenvalue weighted by molar-refractivity contribution is 5.94. The summed E-state index contributed by atoms with van der Waals surface area (Å²) in [6.07, 6.45) is 4.18. The van der Waals surface area contributed by atoms with Crippen molar-refractivity contribution in [2.24, 2.45) is 29.4 Å². The molecule has 4 atom stereocenters. The van der Waals surface area contributed by atoms with E-state index in [0.29, 0.717) is 12.6 Å². The molecule has 3 fully saturated rings. The van der Waals surface area contributed by atoms with Gasteiger partial charge < -0.3 is 11.1 Å². The molecule has 0 spiro atoms. The topological polar surface area (TPSA) is 55.1 Å². The van der Waals surface area contributed by atoms with E-state index in [9.17, 15) is 4.79 Å². The summed E-state index contributed by atoms with van der Waals surface area (Å²) < 4.78 is 0. The first-order chi connectivity index (χ1) is 10.3. The molecule has 1 amide bonds. The zero-order chi connectivity index (χ0) is 14.4. The Bertz CT molecular complexity index is 609. The summed E-state index contributed by atoms with van der Waals surface area (Å²) in [6.45, 7) is 0.356. The molecule has 3 nitrogen and oxygen atoms in total. The van der Waals surface area contributed by atoms with Crippen LogP contribution in [0, 0.1) is 35.5 Å². The molecular formula is C18H20N2O. The van der Waals surface area contributed by atoms with Crippen molar-refractivity contribution in [3.63, 3.8) is 0 Å². The summed E-state index contributed by atoms with van der Waals surface area (Å²) in [5.41, 5.74) is 6.98. The van der Waals surface area contributed by atoms with E-state index in [0.717, 1.165) is 34.8 Å². The van der Waals surface area contributed by atoms with Crippen LogP contribution in [0.3, 0.4) is 0 Å². The van der Waals surface area contributed by atoms with Crippen molar-refractivity contribution in [2.75, 3.05) is 6.54 Å². The number of nitrogens with two attached hydrogens (primary N) is 1. The first-order valence-electron chi connectivity index (χ1n) is 7.88. The Kier molecular flexibility index (Phi) is 3.01. The van der Waals surface area contributed by atoms with E-state index < -0.39 is 0 Å². The van der Waals surface area contributed by atoms with Crippen LogP contribution in [0.4, 0.5) is 0 Å². The third kappa shape index (κ3) is 2.15. The molecule has 3 N–H and O–H groups in total. The highest BCUT2D eigenvalue weighted by Gasteiger charge is 2.65. The van der Waals surface area contributed by atoms with Gasteiger partial charge in [-0.3, -0.25) is 4.79 Å². The number of hydrogen-bond donors (Lipinski definition) is 2. The first-order valence-corrected chi connectivity index (χ1v) is 7.88. The van der Waals surface area contributed by atoms with Gasteiger partial charge >= 0.3 is 0 Å². The molecule has 21 heavy (non-hydrogen) atoms. The summed E-state index contributed by atoms with van der Waals surface area (Å²) in [6, 6.07) is 7.91. The number of hydrogen-bond acceptors (Lipinski definition) is 2. The normalized spacial score (nSPS) is 34.8. The SMILES string of the molecule is NCC#Cc1ccc(C(=O)NC2C3C4CCC(C4)C23)cc1. The molecule has 4 rings (SSSR count). The highest BCUT2D eigenvalue weighted by atomic mass is 16.1. The highest BCUT2D eigenvalue weighted by Crippen LogP contribution is 2.65. The largest absolute Gasteiger partial charge is 0.349 e. The molecule has 3 aliphatic rings. The van der Waals surface area contributed by atoms with Gasteiger partial charge in [-0.1, -0.05) is 11.8 Å². The molecule has 1 aromatic rings. The maximum absolute atomic E-state index is 12.3. The van der Waals surface area contributed by atoms with Crippen LogP contribution < -0.4 is 11.1 Å². The van der Waals surface area contributed by atoms with Crippen molar-refractivity contribution in [2.45, 2.75) is 25.3 Å². The monoisotopic (exact) mass is 280 g/mol. The molecule has 4 unspecified atom stereocenters. The molecule has 3 heteroatoms. The lowest BCUT2D eigenvalue weighted by atomic mass is 10.0. The molecule has 0 heterocycles. The molecule has 0 aliphatic heterocycles. The number of carbonyl (C=O) groups excluding carboxylic acids is 1. The van der Waals surface area contributed by atoms with Crippen LogP contribution in [0.5, 0.6) is 0 Å². The lowest BCUT2D eigenvalue weighted by molar-refractivity contribution is 0.0944. The van der Waals surface area contributed by atoms with Crippen LogP contribution in [-0.4, -0.2) is 18.5 Å². The molecule has 3 saturated carbocycles. The second kappa shape index (κ2) is 4.89. The van der Waals surface area contributed by atoms with E-state index in [2.05, 4.69) is 17.2 Å². The molecular weight excluding hydrogens is 260 g/mol. The molecule has 3 aliphatic carbocycles. The van der Waals surface area contributed by atoms with Crippen LogP contribution in [0.15, 0.2) is 24.3 Å². The van der Waals surface area contributed by atoms with Gasteiger partial charge in [-0.2, -0.15) is 0 Å². The van der Waals surface area contributed by atoms with E-state index in [1.807, 2.05) is 24.3 Å². The minimum atomic E-state index is 0.0622. The minimum absolute atomic E-state index is 0.0622. The van der Waals surface area contributed by atoms with Crippen molar-refractivity contribution in [1.29, 1.82) is 0 Å². The second-order valence-corrected chi connectivity index (χ2v) is 6.57. The Labute approximate surface area is 125 Å². The third-order valence-electron chi connectivity index (χ3n) is 5.51. The zero-order valence-electron chi connectivity index (χ0n) is 12.0. The standard InChI is InChI=1S/C18H20N2O/c19-9-1-2-11-3-5-12(6-4-11)18(21)20-17-15-13-7-8-14(10-13)16(15)17/h3-6,13-17H,7-10,19H2,(H,20,21). The molecule has 0 saturated heterocycles. The van der Waals surface area contributed by atoms with Crippen molar-refractivity contribution in [3.8, 4) is 11.8 Å². The van der Waals surface area contributed by atoms with E-state index in [1.165, 1.54) is 19.3 Å². The van der Waals surface area contributed by atoms with Crippen LogP contribution in [0.1, 0.15) is 35.2 Å². The smallest absolute Gasteiger partial charge is 0.251 e. The Morgan fingerprint density at radius 2 is 1.86 bits per heavy atom. The van der Waals surface area contributed by atoms with Crippen molar-refractivity contribution in [1.82, 2.24) is 5.32 Å². The van der Waals surface area contributed by atoms with E-state index in [-0.39, 0.29) is 5.91 Å². The fourth-order valence-corrected chi connectivity index (χ4v) is 4.61. The van der Waals surface area contributed by atoms with Crippen molar-refractivity contribution in [3.05, 3.63) is 35.4 Å². The van der Waals surface area contributed by atoms with Crippen molar-refractivity contribution < 1.29 is 4.79 Å². The number of rotatable bonds is 2. The zero-order valence-corrected chi connectivity index (χ0v) is 12.0. The van der Waals surface area contributed by atoms with E-state index >= 15 is 0 Å². The van der Waals surface area contributed by atoms with Crippen LogP contribution in [0.2, 0.25) is 0 Å². The fourth-order valence-electron chi connectivity index (χ4n) is 4.61. The quantitative estimate of drug-likeness (QED) is 0.811. The predicted molar refractivity (Wildman–Crippen MR) is 81.4 cm³/mol. The van der Waals surface area contributed by atoms with Gasteiger partial charge in [0.25, 0.3) is 5.91 Å². The summed E-state index contributed by atoms with van der Waals surface area (Å²) in [5, 5.41) is 3.24. The van der Waals surface area contributed by atoms with Gasteiger partial charge in [0.15, 0.2) is 0 Å². The average Bonchev–Trinajstić information content (AvgIpc) is 2.90. The third-order valence-corrected chi connectivity index (χ3v) is 5.51. The second-order valence-electron chi connectivity index (χ2n) is 6.57. The summed E-state index contributed by atoms with van der Waals surface area (Å²) in [7, 11) is 0. The number of amides is 1. The predicted octanol–water partition coefficient (Wildman–Crippen LogP) is 1.77. The van der Waals surface area contributed by atoms with Crippen LogP contribution in [0.25, 0.3) is 0 Å². The summed E-state index contributed by atoms with van der Waals surface area (Å²) in [4.78, 5) is 12.3. The number of benzene rings is 1. The van der Waals surface area contributed by atoms with Crippen LogP contribution in [-0.2, 0) is 0 Å². The summed E-state index contributed by atoms with van der Waals surface area (Å²) in [5.74, 6) is 9.18. The van der Waals surface area contributed by atoms with Gasteiger partial charge in [-0.05, 0) is 67.2 Å². The van der Waals surface area contributed by atoms with Gasteiger partial charge in [0.1, 0.15) is 0 Å². The average molecular weight is 280 g/mol. The Morgan fingerprint density at radius 3 is 2.48 bits per heavy atom. The van der Waals surface area contributed by atoms with E-state index in [1.54, 1.807) is 0 Å². The first kappa shape index (κ1) is 12.9. The van der Waals surface area contributed by atoms with Gasteiger partial charge in [0, 0.05) is 17.2 Å². The lowest BCUT2D eigenvalue weighted by Gasteiger charge is -2.10. The number of nitrogens with one attached hydrogen (secondary N) is 1. The Hall–Kier alpha value is -1.79.